The summed E-state index contributed by atoms with van der Waals surface area (Å²) in [6.07, 6.45) is 3.23. The Morgan fingerprint density at radius 3 is 2.41 bits per heavy atom. The van der Waals surface area contributed by atoms with Gasteiger partial charge >= 0.3 is 58.2 Å². The molecular formula is C22H21N8ORb. The number of nitrogens with two attached hydrogens (primary N) is 1. The van der Waals surface area contributed by atoms with Gasteiger partial charge in [0, 0.05) is 22.5 Å². The van der Waals surface area contributed by atoms with Crippen molar-refractivity contribution in [3.05, 3.63) is 71.9 Å². The second kappa shape index (κ2) is 10.2. The van der Waals surface area contributed by atoms with E-state index in [1.165, 1.54) is 12.0 Å². The molecule has 0 spiro atoms. The standard InChI is InChI=1S/C22H21N8O.Rb/c23-20(31)16-3-1-15(2-4-16)19-13-25-21(22-26-14-27-30(19)22)28-17-5-7-18(8-6-17)29-11-9-24-10-12-29;/h1-8,13-14H,9-12H2,(H2,23,31)(H,25,28);/q-1;+1. The number of hydrogen-bond acceptors (Lipinski definition) is 6. The van der Waals surface area contributed by atoms with Gasteiger partial charge in [0.1, 0.15) is 6.33 Å². The van der Waals surface area contributed by atoms with Crippen molar-refractivity contribution in [2.24, 2.45) is 5.73 Å². The fourth-order valence-corrected chi connectivity index (χ4v) is 3.66. The van der Waals surface area contributed by atoms with Gasteiger partial charge in [-0.3, -0.25) is 4.79 Å². The van der Waals surface area contributed by atoms with E-state index in [1.807, 2.05) is 24.3 Å². The zero-order valence-electron chi connectivity index (χ0n) is 17.8. The first-order chi connectivity index (χ1) is 15.2. The molecule has 1 saturated heterocycles. The van der Waals surface area contributed by atoms with E-state index >= 15 is 0 Å². The number of primary amides is 1. The largest absolute Gasteiger partial charge is 1.00 e. The number of anilines is 3. The summed E-state index contributed by atoms with van der Waals surface area (Å²) in [5.74, 6) is 0.149. The zero-order valence-corrected chi connectivity index (χ0v) is 22.7. The topological polar surface area (TPSA) is 116 Å². The van der Waals surface area contributed by atoms with Crippen LogP contribution in [0, 0.1) is 0 Å². The van der Waals surface area contributed by atoms with Gasteiger partial charge in [-0.15, -0.1) is 13.1 Å². The van der Waals surface area contributed by atoms with E-state index in [2.05, 4.69) is 42.7 Å². The maximum Gasteiger partial charge on any atom is 1.00 e. The number of hydrogen-bond donors (Lipinski definition) is 2. The molecule has 1 amide bonds. The van der Waals surface area contributed by atoms with Gasteiger partial charge in [-0.2, -0.15) is 5.10 Å². The van der Waals surface area contributed by atoms with Gasteiger partial charge in [0.05, 0.1) is 11.9 Å². The van der Waals surface area contributed by atoms with Crippen molar-refractivity contribution in [3.63, 3.8) is 0 Å². The number of amides is 1. The number of nitrogens with zero attached hydrogens (tertiary/aromatic N) is 6. The Morgan fingerprint density at radius 2 is 1.72 bits per heavy atom. The van der Waals surface area contributed by atoms with Crippen molar-refractivity contribution in [1.82, 2.24) is 19.6 Å². The van der Waals surface area contributed by atoms with E-state index in [1.54, 1.807) is 22.8 Å². The Hall–Kier alpha value is -2.17. The Morgan fingerprint density at radius 1 is 1.00 bits per heavy atom. The summed E-state index contributed by atoms with van der Waals surface area (Å²) < 4.78 is 1.72. The van der Waals surface area contributed by atoms with E-state index in [0.717, 1.165) is 43.1 Å². The molecule has 32 heavy (non-hydrogen) atoms. The first-order valence-electron chi connectivity index (χ1n) is 10.0. The number of carbonyl (C=O) groups excluding carboxylic acids is 1. The predicted molar refractivity (Wildman–Crippen MR) is 120 cm³/mol. The molecule has 9 nitrogen and oxygen atoms in total. The van der Waals surface area contributed by atoms with E-state index in [0.29, 0.717) is 17.0 Å². The third-order valence-electron chi connectivity index (χ3n) is 5.32. The van der Waals surface area contributed by atoms with Crippen LogP contribution in [0.25, 0.3) is 22.2 Å². The van der Waals surface area contributed by atoms with Gasteiger partial charge in [0.15, 0.2) is 11.5 Å². The number of nitrogens with one attached hydrogen (secondary N) is 1. The molecule has 4 aromatic rings. The van der Waals surface area contributed by atoms with Gasteiger partial charge < -0.3 is 21.3 Å². The maximum atomic E-state index is 11.3. The molecule has 0 aliphatic carbocycles. The molecule has 0 saturated carbocycles. The van der Waals surface area contributed by atoms with Crippen molar-refractivity contribution >= 4 is 28.7 Å². The molecular weight excluding hydrogens is 478 g/mol. The Balaban J connectivity index is 0.00000245. The van der Waals surface area contributed by atoms with Crippen molar-refractivity contribution in [3.8, 4) is 11.3 Å². The van der Waals surface area contributed by atoms with Crippen LogP contribution < -0.4 is 74.1 Å². The zero-order chi connectivity index (χ0) is 21.2. The Labute approximate surface area is 234 Å². The van der Waals surface area contributed by atoms with E-state index in [4.69, 9.17) is 5.73 Å². The van der Waals surface area contributed by atoms with Gasteiger partial charge in [0.25, 0.3) is 0 Å². The fourth-order valence-electron chi connectivity index (χ4n) is 3.66. The SMILES string of the molecule is NC(=O)c1ccc(-c2cnc(Nc3ccc(N4CC[N-]CC4)cc3)c3ncnn23)cc1.[Rb+]. The van der Waals surface area contributed by atoms with Crippen molar-refractivity contribution < 1.29 is 63.0 Å². The van der Waals surface area contributed by atoms with Crippen molar-refractivity contribution in [1.29, 1.82) is 0 Å². The third-order valence-corrected chi connectivity index (χ3v) is 5.32. The van der Waals surface area contributed by atoms with Crippen LogP contribution in [0.4, 0.5) is 17.2 Å². The Bertz CT molecular complexity index is 1220. The smallest absolute Gasteiger partial charge is 0.659 e. The number of fused-ring (bicyclic) bond motifs is 1. The molecule has 1 aliphatic heterocycles. The molecule has 1 aliphatic rings. The summed E-state index contributed by atoms with van der Waals surface area (Å²) in [6, 6.07) is 15.3. The molecule has 2 aromatic heterocycles. The van der Waals surface area contributed by atoms with Crippen LogP contribution in [0.3, 0.4) is 0 Å². The molecule has 0 unspecified atom stereocenters. The molecule has 0 atom stereocenters. The second-order valence-electron chi connectivity index (χ2n) is 7.26. The summed E-state index contributed by atoms with van der Waals surface area (Å²) in [6.45, 7) is 3.67. The van der Waals surface area contributed by atoms with Crippen LogP contribution >= 0.6 is 0 Å². The first kappa shape index (κ1) is 23.0. The van der Waals surface area contributed by atoms with Gasteiger partial charge in [-0.25, -0.2) is 14.5 Å². The molecule has 0 bridgehead atoms. The summed E-state index contributed by atoms with van der Waals surface area (Å²) >= 11 is 0. The normalized spacial score (nSPS) is 13.6. The van der Waals surface area contributed by atoms with Gasteiger partial charge in [-0.1, -0.05) is 12.1 Å². The van der Waals surface area contributed by atoms with Crippen molar-refractivity contribution in [2.45, 2.75) is 0 Å². The van der Waals surface area contributed by atoms with Crippen LogP contribution in [0.2, 0.25) is 0 Å². The van der Waals surface area contributed by atoms with E-state index in [9.17, 15) is 4.79 Å². The molecule has 3 N–H and O–H groups in total. The molecule has 10 heteroatoms. The number of benzene rings is 2. The minimum Gasteiger partial charge on any atom is -0.659 e. The van der Waals surface area contributed by atoms with Crippen LogP contribution in [0.15, 0.2) is 61.1 Å². The van der Waals surface area contributed by atoms with Gasteiger partial charge in [-0.05, 0) is 49.5 Å². The van der Waals surface area contributed by atoms with Crippen LogP contribution in [-0.2, 0) is 0 Å². The monoisotopic (exact) mass is 498 g/mol. The predicted octanol–water partition coefficient (Wildman–Crippen LogP) is -0.168. The minimum atomic E-state index is -0.462. The molecule has 0 radical (unpaired) electrons. The quantitative estimate of drug-likeness (QED) is 0.395. The molecule has 3 heterocycles. The summed E-state index contributed by atoms with van der Waals surface area (Å²) in [4.78, 5) is 22.6. The maximum absolute atomic E-state index is 11.3. The Kier molecular flexibility index (Phi) is 7.32. The number of carbonyl (C=O) groups is 1. The molecule has 156 valence electrons. The fraction of sp³-hybridized carbons (Fsp3) is 0.182. The number of aromatic nitrogens is 4. The number of piperazine rings is 1. The first-order valence-corrected chi connectivity index (χ1v) is 10.0. The average Bonchev–Trinajstić information content (AvgIpc) is 3.31. The van der Waals surface area contributed by atoms with Gasteiger partial charge in [0.2, 0.25) is 5.91 Å². The van der Waals surface area contributed by atoms with Crippen LogP contribution in [0.5, 0.6) is 0 Å². The van der Waals surface area contributed by atoms with E-state index < -0.39 is 5.91 Å². The number of rotatable bonds is 5. The molecule has 2 aromatic carbocycles. The molecule has 5 rings (SSSR count). The minimum absolute atomic E-state index is 0. The second-order valence-corrected chi connectivity index (χ2v) is 7.26. The summed E-state index contributed by atoms with van der Waals surface area (Å²) in [5.41, 5.74) is 10.1. The molecule has 1 fully saturated rings. The van der Waals surface area contributed by atoms with Crippen LogP contribution in [0.1, 0.15) is 10.4 Å². The van der Waals surface area contributed by atoms with Crippen molar-refractivity contribution in [2.75, 3.05) is 36.4 Å². The van der Waals surface area contributed by atoms with E-state index in [-0.39, 0.29) is 58.2 Å². The average molecular weight is 499 g/mol. The third kappa shape index (κ3) is 4.76. The summed E-state index contributed by atoms with van der Waals surface area (Å²) in [5, 5.41) is 12.1. The summed E-state index contributed by atoms with van der Waals surface area (Å²) in [7, 11) is 0. The van der Waals surface area contributed by atoms with Crippen LogP contribution in [-0.4, -0.2) is 51.7 Å².